The molecule has 1 aliphatic rings. The summed E-state index contributed by atoms with van der Waals surface area (Å²) in [7, 11) is 0. The van der Waals surface area contributed by atoms with Crippen LogP contribution in [0.5, 0.6) is 0 Å². The minimum absolute atomic E-state index is 0.333. The van der Waals surface area contributed by atoms with E-state index in [0.717, 1.165) is 50.0 Å². The smallest absolute Gasteiger partial charge is 0.191 e. The second kappa shape index (κ2) is 9.35. The highest BCUT2D eigenvalue weighted by atomic mass is 32.1. The lowest BCUT2D eigenvalue weighted by molar-refractivity contribution is 0.0711. The molecule has 3 N–H and O–H groups in total. The van der Waals surface area contributed by atoms with E-state index in [2.05, 4.69) is 51.7 Å². The van der Waals surface area contributed by atoms with Crippen molar-refractivity contribution < 1.29 is 5.11 Å². The van der Waals surface area contributed by atoms with Crippen LogP contribution in [0.15, 0.2) is 46.8 Å². The van der Waals surface area contributed by atoms with E-state index in [1.165, 1.54) is 11.1 Å². The van der Waals surface area contributed by atoms with E-state index in [9.17, 15) is 5.11 Å². The fraction of sp³-hybridized carbons (Fsp3) is 0.476. The molecule has 2 aromatic rings. The van der Waals surface area contributed by atoms with Gasteiger partial charge in [-0.1, -0.05) is 30.3 Å². The van der Waals surface area contributed by atoms with Gasteiger partial charge in [-0.3, -0.25) is 4.90 Å². The Morgan fingerprint density at radius 1 is 1.22 bits per heavy atom. The molecule has 2 heterocycles. The molecule has 1 atom stereocenters. The zero-order valence-corrected chi connectivity index (χ0v) is 17.1. The van der Waals surface area contributed by atoms with Crippen LogP contribution in [0.2, 0.25) is 0 Å². The van der Waals surface area contributed by atoms with E-state index >= 15 is 0 Å². The molecule has 1 aliphatic heterocycles. The van der Waals surface area contributed by atoms with Gasteiger partial charge in [0.2, 0.25) is 0 Å². The van der Waals surface area contributed by atoms with Gasteiger partial charge in [0.1, 0.15) is 5.60 Å². The van der Waals surface area contributed by atoms with Crippen molar-refractivity contribution in [2.45, 2.75) is 32.4 Å². The molecule has 1 aromatic heterocycles. The highest BCUT2D eigenvalue weighted by Gasteiger charge is 2.24. The van der Waals surface area contributed by atoms with E-state index in [-0.39, 0.29) is 0 Å². The van der Waals surface area contributed by atoms with Crippen LogP contribution >= 0.6 is 11.3 Å². The predicted octanol–water partition coefficient (Wildman–Crippen LogP) is 2.57. The summed E-state index contributed by atoms with van der Waals surface area (Å²) in [4.78, 5) is 8.00. The lowest BCUT2D eigenvalue weighted by atomic mass is 10.00. The molecule has 0 amide bonds. The number of aliphatic hydroxyl groups is 1. The molecule has 0 radical (unpaired) electrons. The van der Waals surface area contributed by atoms with Gasteiger partial charge in [-0.15, -0.1) is 11.3 Å². The molecule has 0 saturated carbocycles. The number of hydrogen-bond acceptors (Lipinski definition) is 4. The third-order valence-electron chi connectivity index (χ3n) is 4.87. The Morgan fingerprint density at radius 2 is 2.04 bits per heavy atom. The molecule has 0 fully saturated rings. The number of nitrogens with one attached hydrogen (secondary N) is 2. The Balaban J connectivity index is 1.50. The molecule has 27 heavy (non-hydrogen) atoms. The van der Waals surface area contributed by atoms with Crippen LogP contribution in [0.3, 0.4) is 0 Å². The van der Waals surface area contributed by atoms with E-state index in [1.54, 1.807) is 11.3 Å². The number of benzene rings is 1. The Labute approximate surface area is 166 Å². The summed E-state index contributed by atoms with van der Waals surface area (Å²) >= 11 is 1.56. The summed E-state index contributed by atoms with van der Waals surface area (Å²) in [6.45, 7) is 8.91. The third-order valence-corrected chi connectivity index (χ3v) is 5.99. The lowest BCUT2D eigenvalue weighted by Crippen LogP contribution is -2.43. The zero-order valence-electron chi connectivity index (χ0n) is 16.2. The number of fused-ring (bicyclic) bond motifs is 1. The first-order valence-electron chi connectivity index (χ1n) is 9.66. The molecule has 1 unspecified atom stereocenters. The number of rotatable bonds is 7. The van der Waals surface area contributed by atoms with Crippen molar-refractivity contribution in [2.75, 3.05) is 32.7 Å². The van der Waals surface area contributed by atoms with Gasteiger partial charge in [0.15, 0.2) is 5.96 Å². The Kier molecular flexibility index (Phi) is 6.88. The van der Waals surface area contributed by atoms with Crippen molar-refractivity contribution in [1.29, 1.82) is 0 Å². The average molecular weight is 387 g/mol. The van der Waals surface area contributed by atoms with Crippen molar-refractivity contribution in [2.24, 2.45) is 4.99 Å². The molecule has 0 saturated heterocycles. The first-order valence-corrected chi connectivity index (χ1v) is 10.5. The van der Waals surface area contributed by atoms with Gasteiger partial charge in [-0.2, -0.15) is 0 Å². The first-order chi connectivity index (χ1) is 13.1. The van der Waals surface area contributed by atoms with Crippen LogP contribution in [0.4, 0.5) is 0 Å². The minimum Gasteiger partial charge on any atom is -0.383 e. The largest absolute Gasteiger partial charge is 0.383 e. The van der Waals surface area contributed by atoms with E-state index in [4.69, 9.17) is 0 Å². The summed E-state index contributed by atoms with van der Waals surface area (Å²) in [6.07, 6.45) is 1.12. The highest BCUT2D eigenvalue weighted by molar-refractivity contribution is 7.10. The van der Waals surface area contributed by atoms with E-state index < -0.39 is 5.60 Å². The highest BCUT2D eigenvalue weighted by Crippen LogP contribution is 2.25. The zero-order chi connectivity index (χ0) is 19.1. The fourth-order valence-corrected chi connectivity index (χ4v) is 4.09. The summed E-state index contributed by atoms with van der Waals surface area (Å²) in [5.41, 5.74) is 1.98. The molecule has 1 aromatic carbocycles. The molecule has 146 valence electrons. The number of thiophene rings is 1. The first kappa shape index (κ1) is 19.9. The van der Waals surface area contributed by atoms with Gasteiger partial charge < -0.3 is 15.7 Å². The average Bonchev–Trinajstić information content (AvgIpc) is 3.22. The second-order valence-corrected chi connectivity index (χ2v) is 8.12. The quantitative estimate of drug-likeness (QED) is 0.506. The molecule has 0 spiro atoms. The standard InChI is InChI=1S/C21H30N4OS/c1-3-22-20(24-16-21(2,26)19-9-6-14-27-19)23-11-13-25-12-10-17-7-4-5-8-18(17)15-25/h4-9,14,26H,3,10-13,15-16H2,1-2H3,(H2,22,23,24). The lowest BCUT2D eigenvalue weighted by Gasteiger charge is -2.29. The maximum Gasteiger partial charge on any atom is 0.191 e. The summed E-state index contributed by atoms with van der Waals surface area (Å²) in [5.74, 6) is 0.756. The van der Waals surface area contributed by atoms with Gasteiger partial charge in [0, 0.05) is 37.6 Å². The maximum atomic E-state index is 10.7. The normalized spacial score (nSPS) is 17.2. The number of guanidine groups is 1. The van der Waals surface area contributed by atoms with Crippen LogP contribution in [-0.2, 0) is 18.6 Å². The fourth-order valence-electron chi connectivity index (χ4n) is 3.32. The number of aliphatic imine (C=N–C) groups is 1. The molecular weight excluding hydrogens is 356 g/mol. The van der Waals surface area contributed by atoms with Crippen molar-refractivity contribution in [3.8, 4) is 0 Å². The van der Waals surface area contributed by atoms with Crippen LogP contribution in [0.25, 0.3) is 0 Å². The third kappa shape index (κ3) is 5.54. The molecule has 0 aliphatic carbocycles. The predicted molar refractivity (Wildman–Crippen MR) is 113 cm³/mol. The van der Waals surface area contributed by atoms with Gasteiger partial charge in [-0.05, 0) is 42.8 Å². The topological polar surface area (TPSA) is 59.9 Å². The molecule has 0 bridgehead atoms. The van der Waals surface area contributed by atoms with Crippen LogP contribution in [0.1, 0.15) is 29.9 Å². The molecular formula is C21H30N4OS. The Morgan fingerprint density at radius 3 is 2.78 bits per heavy atom. The van der Waals surface area contributed by atoms with E-state index in [1.807, 2.05) is 24.4 Å². The van der Waals surface area contributed by atoms with Crippen LogP contribution in [-0.4, -0.2) is 48.7 Å². The van der Waals surface area contributed by atoms with Crippen molar-refractivity contribution in [1.82, 2.24) is 15.5 Å². The monoisotopic (exact) mass is 386 g/mol. The van der Waals surface area contributed by atoms with Gasteiger partial charge in [-0.25, -0.2) is 4.99 Å². The van der Waals surface area contributed by atoms with Crippen molar-refractivity contribution in [3.63, 3.8) is 0 Å². The second-order valence-electron chi connectivity index (χ2n) is 7.17. The maximum absolute atomic E-state index is 10.7. The summed E-state index contributed by atoms with van der Waals surface area (Å²) in [6, 6.07) is 12.6. The molecule has 3 rings (SSSR count). The van der Waals surface area contributed by atoms with Crippen molar-refractivity contribution in [3.05, 3.63) is 57.8 Å². The Bertz CT molecular complexity index is 742. The molecule has 6 heteroatoms. The number of hydrogen-bond donors (Lipinski definition) is 3. The number of nitrogens with zero attached hydrogens (tertiary/aromatic N) is 2. The van der Waals surface area contributed by atoms with Crippen molar-refractivity contribution >= 4 is 17.3 Å². The van der Waals surface area contributed by atoms with Crippen LogP contribution in [0, 0.1) is 0 Å². The SMILES string of the molecule is CCNC(=NCC(C)(O)c1cccs1)NCCN1CCc2ccccc2C1. The van der Waals surface area contributed by atoms with E-state index in [0.29, 0.717) is 6.54 Å². The molecule has 5 nitrogen and oxygen atoms in total. The summed E-state index contributed by atoms with van der Waals surface area (Å²) < 4.78 is 0. The summed E-state index contributed by atoms with van der Waals surface area (Å²) in [5, 5.41) is 19.3. The minimum atomic E-state index is -0.937. The van der Waals surface area contributed by atoms with Gasteiger partial charge in [0.25, 0.3) is 0 Å². The van der Waals surface area contributed by atoms with Gasteiger partial charge in [0.05, 0.1) is 6.54 Å². The van der Waals surface area contributed by atoms with Gasteiger partial charge >= 0.3 is 0 Å². The Hall–Kier alpha value is -1.89. The van der Waals surface area contributed by atoms with Crippen LogP contribution < -0.4 is 10.6 Å².